The molecule has 0 radical (unpaired) electrons. The van der Waals surface area contributed by atoms with E-state index in [9.17, 15) is 0 Å². The Kier molecular flexibility index (Phi) is 5.40. The highest BCUT2D eigenvalue weighted by atomic mass is 16.5. The maximum absolute atomic E-state index is 6.33. The smallest absolute Gasteiger partial charge is 0.119 e. The number of rotatable bonds is 5. The highest BCUT2D eigenvalue weighted by Crippen LogP contribution is 2.20. The summed E-state index contributed by atoms with van der Waals surface area (Å²) in [5.74, 6) is 0.900. The van der Waals surface area contributed by atoms with Crippen molar-refractivity contribution in [3.8, 4) is 5.75 Å². The highest BCUT2D eigenvalue weighted by molar-refractivity contribution is 5.29. The molecule has 1 aliphatic rings. The first-order valence-electron chi connectivity index (χ1n) is 7.44. The summed E-state index contributed by atoms with van der Waals surface area (Å²) in [4.78, 5) is 2.41. The molecule has 20 heavy (non-hydrogen) atoms. The Labute approximate surface area is 121 Å². The summed E-state index contributed by atoms with van der Waals surface area (Å²) in [7, 11) is 0. The lowest BCUT2D eigenvalue weighted by molar-refractivity contribution is -0.0510. The Morgan fingerprint density at radius 3 is 2.70 bits per heavy atom. The number of benzene rings is 1. The van der Waals surface area contributed by atoms with E-state index in [0.29, 0.717) is 18.8 Å². The second-order valence-electron chi connectivity index (χ2n) is 5.56. The summed E-state index contributed by atoms with van der Waals surface area (Å²) in [6.07, 6.45) is 0.290. The standard InChI is InChI=1S/C16H26N2O2/c1-4-19-15-7-5-14(6-8-15)16(17)10-18-9-13(3)20-11-12(18)2/h5-8,12-13,16H,4,9-11,17H2,1-3H3. The van der Waals surface area contributed by atoms with Crippen molar-refractivity contribution in [2.45, 2.75) is 39.0 Å². The summed E-state index contributed by atoms with van der Waals surface area (Å²) in [5.41, 5.74) is 7.49. The largest absolute Gasteiger partial charge is 0.494 e. The van der Waals surface area contributed by atoms with Gasteiger partial charge in [0, 0.05) is 25.2 Å². The van der Waals surface area contributed by atoms with E-state index in [1.165, 1.54) is 0 Å². The van der Waals surface area contributed by atoms with Gasteiger partial charge in [-0.05, 0) is 38.5 Å². The molecule has 112 valence electrons. The molecule has 4 heteroatoms. The minimum atomic E-state index is 0.0263. The number of hydrogen-bond acceptors (Lipinski definition) is 4. The molecule has 1 aromatic carbocycles. The normalized spacial score (nSPS) is 25.4. The lowest BCUT2D eigenvalue weighted by atomic mass is 10.1. The van der Waals surface area contributed by atoms with Crippen molar-refractivity contribution in [2.75, 3.05) is 26.3 Å². The van der Waals surface area contributed by atoms with E-state index < -0.39 is 0 Å². The lowest BCUT2D eigenvalue weighted by Gasteiger charge is -2.38. The van der Waals surface area contributed by atoms with Gasteiger partial charge in [-0.2, -0.15) is 0 Å². The summed E-state index contributed by atoms with van der Waals surface area (Å²) >= 11 is 0. The Hall–Kier alpha value is -1.10. The van der Waals surface area contributed by atoms with E-state index in [1.807, 2.05) is 19.1 Å². The van der Waals surface area contributed by atoms with E-state index in [-0.39, 0.29) is 6.04 Å². The van der Waals surface area contributed by atoms with Crippen LogP contribution in [0.2, 0.25) is 0 Å². The molecule has 0 aliphatic carbocycles. The molecular formula is C16H26N2O2. The molecule has 0 aromatic heterocycles. The van der Waals surface area contributed by atoms with Crippen molar-refractivity contribution in [1.82, 2.24) is 4.90 Å². The monoisotopic (exact) mass is 278 g/mol. The fourth-order valence-corrected chi connectivity index (χ4v) is 2.56. The minimum absolute atomic E-state index is 0.0263. The lowest BCUT2D eigenvalue weighted by Crippen LogP contribution is -2.49. The molecular weight excluding hydrogens is 252 g/mol. The van der Waals surface area contributed by atoms with Gasteiger partial charge in [0.15, 0.2) is 0 Å². The van der Waals surface area contributed by atoms with Crippen LogP contribution in [0.25, 0.3) is 0 Å². The number of morpholine rings is 1. The van der Waals surface area contributed by atoms with Crippen LogP contribution in [-0.2, 0) is 4.74 Å². The molecule has 0 saturated carbocycles. The quantitative estimate of drug-likeness (QED) is 0.897. The van der Waals surface area contributed by atoms with Crippen LogP contribution in [0.1, 0.15) is 32.4 Å². The van der Waals surface area contributed by atoms with E-state index in [2.05, 4.69) is 30.9 Å². The summed E-state index contributed by atoms with van der Waals surface area (Å²) in [6.45, 7) is 9.58. The van der Waals surface area contributed by atoms with Crippen LogP contribution in [0, 0.1) is 0 Å². The van der Waals surface area contributed by atoms with Crippen molar-refractivity contribution < 1.29 is 9.47 Å². The van der Waals surface area contributed by atoms with Crippen LogP contribution in [0.4, 0.5) is 0 Å². The van der Waals surface area contributed by atoms with E-state index in [0.717, 1.165) is 31.0 Å². The molecule has 0 amide bonds. The Morgan fingerprint density at radius 1 is 1.35 bits per heavy atom. The maximum atomic E-state index is 6.33. The molecule has 0 bridgehead atoms. The van der Waals surface area contributed by atoms with Crippen LogP contribution < -0.4 is 10.5 Å². The van der Waals surface area contributed by atoms with Crippen molar-refractivity contribution in [3.63, 3.8) is 0 Å². The predicted octanol–water partition coefficient (Wildman–Crippen LogP) is 2.19. The average Bonchev–Trinajstić information content (AvgIpc) is 2.44. The topological polar surface area (TPSA) is 47.7 Å². The number of nitrogens with two attached hydrogens (primary N) is 1. The summed E-state index contributed by atoms with van der Waals surface area (Å²) in [5, 5.41) is 0. The van der Waals surface area contributed by atoms with Crippen molar-refractivity contribution in [3.05, 3.63) is 29.8 Å². The van der Waals surface area contributed by atoms with Gasteiger partial charge < -0.3 is 15.2 Å². The highest BCUT2D eigenvalue weighted by Gasteiger charge is 2.25. The second kappa shape index (κ2) is 7.07. The van der Waals surface area contributed by atoms with Crippen LogP contribution in [-0.4, -0.2) is 43.3 Å². The van der Waals surface area contributed by atoms with Gasteiger partial charge in [-0.25, -0.2) is 0 Å². The SMILES string of the molecule is CCOc1ccc(C(N)CN2CC(C)OCC2C)cc1. The third kappa shape index (κ3) is 3.95. The zero-order valence-electron chi connectivity index (χ0n) is 12.7. The van der Waals surface area contributed by atoms with Crippen molar-refractivity contribution in [1.29, 1.82) is 0 Å². The molecule has 3 atom stereocenters. The fraction of sp³-hybridized carbons (Fsp3) is 0.625. The molecule has 1 saturated heterocycles. The van der Waals surface area contributed by atoms with E-state index >= 15 is 0 Å². The first kappa shape index (κ1) is 15.3. The fourth-order valence-electron chi connectivity index (χ4n) is 2.56. The molecule has 2 rings (SSSR count). The van der Waals surface area contributed by atoms with Gasteiger partial charge >= 0.3 is 0 Å². The first-order chi connectivity index (χ1) is 9.60. The molecule has 1 fully saturated rings. The van der Waals surface area contributed by atoms with Crippen LogP contribution in [0.5, 0.6) is 5.75 Å². The zero-order chi connectivity index (χ0) is 14.5. The predicted molar refractivity (Wildman–Crippen MR) is 81.0 cm³/mol. The van der Waals surface area contributed by atoms with Crippen molar-refractivity contribution in [2.24, 2.45) is 5.73 Å². The van der Waals surface area contributed by atoms with Gasteiger partial charge in [0.2, 0.25) is 0 Å². The third-order valence-electron chi connectivity index (χ3n) is 3.79. The first-order valence-corrected chi connectivity index (χ1v) is 7.44. The van der Waals surface area contributed by atoms with Gasteiger partial charge in [0.1, 0.15) is 5.75 Å². The number of nitrogens with zero attached hydrogens (tertiary/aromatic N) is 1. The second-order valence-corrected chi connectivity index (χ2v) is 5.56. The molecule has 4 nitrogen and oxygen atoms in total. The molecule has 2 N–H and O–H groups in total. The Balaban J connectivity index is 1.94. The van der Waals surface area contributed by atoms with Gasteiger partial charge in [0.25, 0.3) is 0 Å². The van der Waals surface area contributed by atoms with E-state index in [4.69, 9.17) is 15.2 Å². The van der Waals surface area contributed by atoms with Crippen LogP contribution >= 0.6 is 0 Å². The molecule has 1 heterocycles. The molecule has 1 aliphatic heterocycles. The molecule has 0 spiro atoms. The van der Waals surface area contributed by atoms with Gasteiger partial charge in [-0.1, -0.05) is 12.1 Å². The third-order valence-corrected chi connectivity index (χ3v) is 3.79. The van der Waals surface area contributed by atoms with Gasteiger partial charge in [-0.15, -0.1) is 0 Å². The average molecular weight is 278 g/mol. The summed E-state index contributed by atoms with van der Waals surface area (Å²) < 4.78 is 11.1. The van der Waals surface area contributed by atoms with E-state index in [1.54, 1.807) is 0 Å². The number of ether oxygens (including phenoxy) is 2. The van der Waals surface area contributed by atoms with Crippen molar-refractivity contribution >= 4 is 0 Å². The summed E-state index contributed by atoms with van der Waals surface area (Å²) in [6, 6.07) is 8.56. The minimum Gasteiger partial charge on any atom is -0.494 e. The Morgan fingerprint density at radius 2 is 2.05 bits per heavy atom. The van der Waals surface area contributed by atoms with Gasteiger partial charge in [-0.3, -0.25) is 4.90 Å². The Bertz CT molecular complexity index is 407. The van der Waals surface area contributed by atoms with Crippen LogP contribution in [0.3, 0.4) is 0 Å². The van der Waals surface area contributed by atoms with Gasteiger partial charge in [0.05, 0.1) is 19.3 Å². The maximum Gasteiger partial charge on any atom is 0.119 e. The van der Waals surface area contributed by atoms with Crippen LogP contribution in [0.15, 0.2) is 24.3 Å². The molecule has 1 aromatic rings. The zero-order valence-corrected chi connectivity index (χ0v) is 12.7. The molecule has 3 unspecified atom stereocenters. The number of hydrogen-bond donors (Lipinski definition) is 1.